The number of aromatic amines is 1. The van der Waals surface area contributed by atoms with Gasteiger partial charge in [-0.05, 0) is 63.1 Å². The van der Waals surface area contributed by atoms with Gasteiger partial charge in [-0.3, -0.25) is 14.4 Å². The first-order valence-corrected chi connectivity index (χ1v) is 13.6. The first-order valence-electron chi connectivity index (χ1n) is 13.2. The molecule has 0 radical (unpaired) electrons. The van der Waals surface area contributed by atoms with Crippen LogP contribution in [0.1, 0.15) is 65.1 Å². The van der Waals surface area contributed by atoms with Crippen LogP contribution in [0.15, 0.2) is 18.5 Å². The van der Waals surface area contributed by atoms with Crippen LogP contribution in [-0.2, 0) is 9.53 Å². The molecule has 4 heterocycles. The third kappa shape index (κ3) is 4.18. The Labute approximate surface area is 225 Å². The number of aromatic nitrogens is 2. The predicted molar refractivity (Wildman–Crippen MR) is 138 cm³/mol. The van der Waals surface area contributed by atoms with Gasteiger partial charge in [0.05, 0.1) is 35.7 Å². The van der Waals surface area contributed by atoms with E-state index in [0.29, 0.717) is 69.8 Å². The van der Waals surface area contributed by atoms with Gasteiger partial charge in [-0.15, -0.1) is 0 Å². The number of benzene rings is 1. The Morgan fingerprint density at radius 3 is 2.63 bits per heavy atom. The lowest BCUT2D eigenvalue weighted by molar-refractivity contribution is -0.176. The molecule has 1 aromatic heterocycles. The number of nitrogens with one attached hydrogen (secondary N) is 2. The lowest BCUT2D eigenvalue weighted by atomic mass is 9.67. The summed E-state index contributed by atoms with van der Waals surface area (Å²) in [5.74, 6) is -0.983. The number of H-pyrrole nitrogens is 1. The Hall–Kier alpha value is -2.98. The minimum atomic E-state index is -0.515. The molecule has 0 atom stereocenters. The Morgan fingerprint density at radius 2 is 1.95 bits per heavy atom. The van der Waals surface area contributed by atoms with E-state index in [-0.39, 0.29) is 45.6 Å². The first kappa shape index (κ1) is 25.3. The van der Waals surface area contributed by atoms with E-state index in [1.807, 2.05) is 0 Å². The fourth-order valence-corrected chi connectivity index (χ4v) is 6.70. The van der Waals surface area contributed by atoms with Gasteiger partial charge in [0.15, 0.2) is 5.69 Å². The summed E-state index contributed by atoms with van der Waals surface area (Å²) in [5, 5.41) is 3.28. The van der Waals surface area contributed by atoms with Crippen LogP contribution in [0.5, 0.6) is 0 Å². The number of hydrogen-bond acceptors (Lipinski definition) is 5. The molecular formula is C27H31ClFN5O4. The van der Waals surface area contributed by atoms with Crippen LogP contribution in [0.4, 0.5) is 10.1 Å². The summed E-state index contributed by atoms with van der Waals surface area (Å²) < 4.78 is 19.2. The van der Waals surface area contributed by atoms with Crippen LogP contribution in [-0.4, -0.2) is 71.5 Å². The maximum atomic E-state index is 13.9. The standard InChI is InChI=1S/C27H31ClFN5O4/c1-16-9-20(18(28)10-19(16)29)34-8-2-5-27(25(34)37)6-3-17(4-7-27)32-23(35)21-22(31-15-30-21)24(36)33-11-26(12-33)13-38-14-26/h9-10,15,17H,2-8,11-14H2,1H3,(H,30,31)(H,32,35)/t17-,27+. The normalized spacial score (nSPS) is 26.3. The number of nitrogens with zero attached hydrogens (tertiary/aromatic N) is 3. The van der Waals surface area contributed by atoms with Gasteiger partial charge in [0.2, 0.25) is 5.91 Å². The van der Waals surface area contributed by atoms with Crippen molar-refractivity contribution in [3.8, 4) is 0 Å². The number of likely N-dealkylation sites (tertiary alicyclic amines) is 1. The zero-order valence-electron chi connectivity index (χ0n) is 21.3. The summed E-state index contributed by atoms with van der Waals surface area (Å²) in [7, 11) is 0. The average Bonchev–Trinajstić information content (AvgIpc) is 3.33. The highest BCUT2D eigenvalue weighted by Gasteiger charge is 2.51. The van der Waals surface area contributed by atoms with Crippen molar-refractivity contribution < 1.29 is 23.5 Å². The van der Waals surface area contributed by atoms with E-state index in [1.165, 1.54) is 12.4 Å². The number of piperidine rings is 1. The van der Waals surface area contributed by atoms with Gasteiger partial charge >= 0.3 is 0 Å². The number of anilines is 1. The Bertz CT molecular complexity index is 1290. The van der Waals surface area contributed by atoms with Crippen molar-refractivity contribution in [2.45, 2.75) is 51.5 Å². The lowest BCUT2D eigenvalue weighted by Crippen LogP contribution is -2.67. The lowest BCUT2D eigenvalue weighted by Gasteiger charge is -2.54. The number of carbonyl (C=O) groups excluding carboxylic acids is 3. The molecule has 202 valence electrons. The van der Waals surface area contributed by atoms with Crippen molar-refractivity contribution in [2.75, 3.05) is 37.7 Å². The van der Waals surface area contributed by atoms with E-state index in [2.05, 4.69) is 15.3 Å². The quantitative estimate of drug-likeness (QED) is 0.614. The molecule has 1 saturated carbocycles. The second kappa shape index (κ2) is 9.34. The largest absolute Gasteiger partial charge is 0.380 e. The number of aryl methyl sites for hydroxylation is 1. The van der Waals surface area contributed by atoms with Gasteiger partial charge in [-0.25, -0.2) is 9.37 Å². The van der Waals surface area contributed by atoms with Crippen LogP contribution >= 0.6 is 11.6 Å². The zero-order chi connectivity index (χ0) is 26.7. The molecule has 0 unspecified atom stereocenters. The molecule has 2 spiro atoms. The molecule has 4 fully saturated rings. The number of rotatable bonds is 4. The average molecular weight is 544 g/mol. The zero-order valence-corrected chi connectivity index (χ0v) is 22.1. The molecule has 11 heteroatoms. The van der Waals surface area contributed by atoms with Crippen molar-refractivity contribution in [3.05, 3.63) is 46.3 Å². The molecular weight excluding hydrogens is 513 g/mol. The van der Waals surface area contributed by atoms with Crippen LogP contribution in [0, 0.1) is 23.6 Å². The van der Waals surface area contributed by atoms with Crippen LogP contribution in [0.2, 0.25) is 5.02 Å². The van der Waals surface area contributed by atoms with E-state index >= 15 is 0 Å². The number of ether oxygens (including phenoxy) is 1. The molecule has 4 aliphatic rings. The Morgan fingerprint density at radius 1 is 1.21 bits per heavy atom. The fourth-order valence-electron chi connectivity index (χ4n) is 6.44. The molecule has 3 saturated heterocycles. The molecule has 38 heavy (non-hydrogen) atoms. The predicted octanol–water partition coefficient (Wildman–Crippen LogP) is 3.47. The molecule has 0 bridgehead atoms. The van der Waals surface area contributed by atoms with E-state index in [1.54, 1.807) is 22.8 Å². The maximum Gasteiger partial charge on any atom is 0.274 e. The highest BCUT2D eigenvalue weighted by atomic mass is 35.5. The van der Waals surface area contributed by atoms with Crippen molar-refractivity contribution in [1.29, 1.82) is 0 Å². The molecule has 9 nitrogen and oxygen atoms in total. The SMILES string of the molecule is Cc1cc(N2CCC[C@]3(CC[C@H](NC(=O)c4[nH]cnc4C(=O)N4CC5(COC5)C4)CC3)C2=O)c(Cl)cc1F. The van der Waals surface area contributed by atoms with Crippen molar-refractivity contribution in [3.63, 3.8) is 0 Å². The van der Waals surface area contributed by atoms with Crippen LogP contribution in [0.3, 0.4) is 0 Å². The Kier molecular flexibility index (Phi) is 6.22. The molecule has 1 aliphatic carbocycles. The summed E-state index contributed by atoms with van der Waals surface area (Å²) in [5.41, 5.74) is 0.875. The summed E-state index contributed by atoms with van der Waals surface area (Å²) in [6.07, 6.45) is 5.55. The summed E-state index contributed by atoms with van der Waals surface area (Å²) in [6, 6.07) is 2.80. The number of amides is 3. The number of imidazole rings is 1. The van der Waals surface area contributed by atoms with Gasteiger partial charge in [0.1, 0.15) is 11.5 Å². The Balaban J connectivity index is 1.08. The number of halogens is 2. The monoisotopic (exact) mass is 543 g/mol. The van der Waals surface area contributed by atoms with Gasteiger partial charge in [-0.2, -0.15) is 0 Å². The van der Waals surface area contributed by atoms with E-state index in [0.717, 1.165) is 12.8 Å². The van der Waals surface area contributed by atoms with Gasteiger partial charge in [0, 0.05) is 31.1 Å². The molecule has 3 aliphatic heterocycles. The van der Waals surface area contributed by atoms with Gasteiger partial charge in [-0.1, -0.05) is 11.6 Å². The van der Waals surface area contributed by atoms with Crippen LogP contribution in [0.25, 0.3) is 0 Å². The third-order valence-corrected chi connectivity index (χ3v) is 9.06. The minimum absolute atomic E-state index is 0.0204. The number of hydrogen-bond donors (Lipinski definition) is 2. The maximum absolute atomic E-state index is 13.9. The highest BCUT2D eigenvalue weighted by Crippen LogP contribution is 2.46. The second-order valence-electron chi connectivity index (χ2n) is 11.4. The topological polar surface area (TPSA) is 108 Å². The second-order valence-corrected chi connectivity index (χ2v) is 11.8. The van der Waals surface area contributed by atoms with E-state index in [4.69, 9.17) is 16.3 Å². The van der Waals surface area contributed by atoms with Crippen molar-refractivity contribution in [2.24, 2.45) is 10.8 Å². The fraction of sp³-hybridized carbons (Fsp3) is 0.556. The first-order chi connectivity index (χ1) is 18.2. The van der Waals surface area contributed by atoms with Gasteiger partial charge in [0.25, 0.3) is 11.8 Å². The molecule has 1 aromatic carbocycles. The number of carbonyl (C=O) groups is 3. The summed E-state index contributed by atoms with van der Waals surface area (Å²) >= 11 is 6.33. The van der Waals surface area contributed by atoms with E-state index in [9.17, 15) is 18.8 Å². The minimum Gasteiger partial charge on any atom is -0.380 e. The van der Waals surface area contributed by atoms with E-state index < -0.39 is 11.2 Å². The summed E-state index contributed by atoms with van der Waals surface area (Å²) in [6.45, 7) is 4.80. The summed E-state index contributed by atoms with van der Waals surface area (Å²) in [4.78, 5) is 50.1. The van der Waals surface area contributed by atoms with Crippen molar-refractivity contribution >= 4 is 35.0 Å². The van der Waals surface area contributed by atoms with Crippen LogP contribution < -0.4 is 10.2 Å². The molecule has 2 N–H and O–H groups in total. The highest BCUT2D eigenvalue weighted by molar-refractivity contribution is 6.34. The molecule has 2 aromatic rings. The third-order valence-electron chi connectivity index (χ3n) is 8.76. The van der Waals surface area contributed by atoms with Crippen molar-refractivity contribution in [1.82, 2.24) is 20.2 Å². The van der Waals surface area contributed by atoms with Gasteiger partial charge < -0.3 is 24.8 Å². The molecule has 6 rings (SSSR count). The molecule has 3 amide bonds. The smallest absolute Gasteiger partial charge is 0.274 e.